The lowest BCUT2D eigenvalue weighted by Gasteiger charge is -2.06. The number of ether oxygens (including phenoxy) is 1. The molecule has 0 aromatic heterocycles. The van der Waals surface area contributed by atoms with Gasteiger partial charge < -0.3 is 4.74 Å². The molecule has 2 rings (SSSR count). The molecule has 0 radical (unpaired) electrons. The first-order valence-electron chi connectivity index (χ1n) is 5.24. The highest BCUT2D eigenvalue weighted by atomic mass is 79.9. The van der Waals surface area contributed by atoms with E-state index in [-0.39, 0.29) is 12.4 Å². The van der Waals surface area contributed by atoms with E-state index in [0.29, 0.717) is 12.0 Å². The van der Waals surface area contributed by atoms with E-state index in [4.69, 9.17) is 4.74 Å². The van der Waals surface area contributed by atoms with Crippen molar-refractivity contribution in [1.29, 1.82) is 0 Å². The summed E-state index contributed by atoms with van der Waals surface area (Å²) in [7, 11) is 0. The fourth-order valence-electron chi connectivity index (χ4n) is 1.91. The Labute approximate surface area is 108 Å². The molecule has 88 valence electrons. The highest BCUT2D eigenvalue weighted by molar-refractivity contribution is 9.10. The zero-order chi connectivity index (χ0) is 12.4. The molecule has 0 heterocycles. The summed E-state index contributed by atoms with van der Waals surface area (Å²) < 4.78 is 5.79. The lowest BCUT2D eigenvalue weighted by atomic mass is 10.1. The largest absolute Gasteiger partial charge is 0.461 e. The molecule has 0 amide bonds. The second-order valence-corrected chi connectivity index (χ2v) is 4.66. The van der Waals surface area contributed by atoms with Gasteiger partial charge in [-0.15, -0.1) is 0 Å². The first-order chi connectivity index (χ1) is 8.15. The number of halogens is 1. The second-order valence-electron chi connectivity index (χ2n) is 3.81. The van der Waals surface area contributed by atoms with Gasteiger partial charge in [0.25, 0.3) is 0 Å². The van der Waals surface area contributed by atoms with E-state index in [1.807, 2.05) is 6.07 Å². The molecule has 0 saturated carbocycles. The quantitative estimate of drug-likeness (QED) is 0.489. The molecule has 0 N–H and O–H groups in total. The van der Waals surface area contributed by atoms with Gasteiger partial charge in [-0.25, -0.2) is 0 Å². The number of carbonyl (C=O) groups is 2. The highest BCUT2D eigenvalue weighted by Crippen LogP contribution is 2.32. The van der Waals surface area contributed by atoms with E-state index in [0.717, 1.165) is 10.0 Å². The van der Waals surface area contributed by atoms with Gasteiger partial charge in [-0.05, 0) is 18.1 Å². The van der Waals surface area contributed by atoms with Crippen LogP contribution < -0.4 is 0 Å². The lowest BCUT2D eigenvalue weighted by Crippen LogP contribution is -2.23. The molecule has 4 heteroatoms. The number of ketones is 1. The van der Waals surface area contributed by atoms with Crippen molar-refractivity contribution in [3.05, 3.63) is 46.5 Å². The minimum absolute atomic E-state index is 0.139. The Morgan fingerprint density at radius 3 is 3.00 bits per heavy atom. The van der Waals surface area contributed by atoms with Crippen molar-refractivity contribution < 1.29 is 14.3 Å². The van der Waals surface area contributed by atoms with Gasteiger partial charge in [-0.1, -0.05) is 40.7 Å². The van der Waals surface area contributed by atoms with Crippen LogP contribution in [-0.2, 0) is 16.0 Å². The summed E-state index contributed by atoms with van der Waals surface area (Å²) >= 11 is 3.38. The molecule has 0 fully saturated rings. The van der Waals surface area contributed by atoms with Crippen molar-refractivity contribution in [2.75, 3.05) is 6.61 Å². The normalized spacial score (nSPS) is 17.7. The molecule has 1 unspecified atom stereocenters. The summed E-state index contributed by atoms with van der Waals surface area (Å²) in [5.74, 6) is -1.34. The SMILES string of the molecule is C=CCOC(=O)C1Cc2c(Br)cccc2C1=O. The molecule has 1 atom stereocenters. The third-order valence-corrected chi connectivity index (χ3v) is 3.48. The van der Waals surface area contributed by atoms with Gasteiger partial charge in [-0.3, -0.25) is 9.59 Å². The van der Waals surface area contributed by atoms with Crippen LogP contribution in [0.2, 0.25) is 0 Å². The highest BCUT2D eigenvalue weighted by Gasteiger charge is 2.37. The van der Waals surface area contributed by atoms with Gasteiger partial charge >= 0.3 is 5.97 Å². The van der Waals surface area contributed by atoms with Gasteiger partial charge in [0.1, 0.15) is 12.5 Å². The Kier molecular flexibility index (Phi) is 3.43. The van der Waals surface area contributed by atoms with Crippen LogP contribution in [0.15, 0.2) is 35.3 Å². The molecule has 0 spiro atoms. The molecule has 17 heavy (non-hydrogen) atoms. The predicted octanol–water partition coefficient (Wildman–Crippen LogP) is 2.53. The van der Waals surface area contributed by atoms with Crippen molar-refractivity contribution in [2.45, 2.75) is 6.42 Å². The molecular weight excluding hydrogens is 284 g/mol. The van der Waals surface area contributed by atoms with Crippen molar-refractivity contribution in [2.24, 2.45) is 5.92 Å². The fourth-order valence-corrected chi connectivity index (χ4v) is 2.44. The van der Waals surface area contributed by atoms with Crippen molar-refractivity contribution in [3.63, 3.8) is 0 Å². The molecule has 3 nitrogen and oxygen atoms in total. The number of carbonyl (C=O) groups excluding carboxylic acids is 2. The van der Waals surface area contributed by atoms with Crippen molar-refractivity contribution in [3.8, 4) is 0 Å². The van der Waals surface area contributed by atoms with Gasteiger partial charge in [0.05, 0.1) is 0 Å². The Balaban J connectivity index is 2.22. The number of hydrogen-bond acceptors (Lipinski definition) is 3. The van der Waals surface area contributed by atoms with Crippen LogP contribution in [0.5, 0.6) is 0 Å². The maximum absolute atomic E-state index is 12.0. The summed E-state index contributed by atoms with van der Waals surface area (Å²) in [4.78, 5) is 23.7. The first kappa shape index (κ1) is 12.0. The predicted molar refractivity (Wildman–Crippen MR) is 66.8 cm³/mol. The van der Waals surface area contributed by atoms with Gasteiger partial charge in [0.2, 0.25) is 0 Å². The maximum atomic E-state index is 12.0. The van der Waals surface area contributed by atoms with Crippen LogP contribution in [0.1, 0.15) is 15.9 Å². The summed E-state index contributed by atoms with van der Waals surface area (Å²) in [6.45, 7) is 3.60. The van der Waals surface area contributed by atoms with Gasteiger partial charge in [0.15, 0.2) is 5.78 Å². The van der Waals surface area contributed by atoms with Gasteiger partial charge in [-0.2, -0.15) is 0 Å². The third-order valence-electron chi connectivity index (χ3n) is 2.74. The summed E-state index contributed by atoms with van der Waals surface area (Å²) in [5, 5.41) is 0. The average molecular weight is 295 g/mol. The Morgan fingerprint density at radius 2 is 2.35 bits per heavy atom. The van der Waals surface area contributed by atoms with Crippen molar-refractivity contribution >= 4 is 27.7 Å². The Bertz CT molecular complexity index is 493. The molecule has 0 aliphatic heterocycles. The molecule has 0 saturated heterocycles. The van der Waals surface area contributed by atoms with Crippen LogP contribution in [0, 0.1) is 5.92 Å². The van der Waals surface area contributed by atoms with Crippen LogP contribution in [0.4, 0.5) is 0 Å². The molecule has 1 aromatic rings. The van der Waals surface area contributed by atoms with Crippen LogP contribution in [0.3, 0.4) is 0 Å². The van der Waals surface area contributed by atoms with Crippen LogP contribution >= 0.6 is 15.9 Å². The van der Waals surface area contributed by atoms with Gasteiger partial charge in [0, 0.05) is 10.0 Å². The molecule has 1 aliphatic carbocycles. The number of fused-ring (bicyclic) bond motifs is 1. The van der Waals surface area contributed by atoms with E-state index in [1.165, 1.54) is 6.08 Å². The zero-order valence-electron chi connectivity index (χ0n) is 9.11. The standard InChI is InChI=1S/C13H11BrO3/c1-2-6-17-13(16)10-7-9-8(12(10)15)4-3-5-11(9)14/h2-5,10H,1,6-7H2. The molecular formula is C13H11BrO3. The molecule has 1 aliphatic rings. The topological polar surface area (TPSA) is 43.4 Å². The second kappa shape index (κ2) is 4.84. The summed E-state index contributed by atoms with van der Waals surface area (Å²) in [6.07, 6.45) is 1.89. The fraction of sp³-hybridized carbons (Fsp3) is 0.231. The third kappa shape index (κ3) is 2.17. The maximum Gasteiger partial charge on any atom is 0.317 e. The summed E-state index contributed by atoms with van der Waals surface area (Å²) in [5.41, 5.74) is 1.50. The number of benzene rings is 1. The minimum Gasteiger partial charge on any atom is -0.461 e. The Morgan fingerprint density at radius 1 is 1.59 bits per heavy atom. The van der Waals surface area contributed by atoms with E-state index < -0.39 is 11.9 Å². The number of rotatable bonds is 3. The van der Waals surface area contributed by atoms with E-state index >= 15 is 0 Å². The Hall–Kier alpha value is -1.42. The van der Waals surface area contributed by atoms with Crippen LogP contribution in [0.25, 0.3) is 0 Å². The zero-order valence-corrected chi connectivity index (χ0v) is 10.7. The van der Waals surface area contributed by atoms with E-state index in [1.54, 1.807) is 12.1 Å². The molecule has 1 aromatic carbocycles. The summed E-state index contributed by atoms with van der Waals surface area (Å²) in [6, 6.07) is 5.39. The number of esters is 1. The van der Waals surface area contributed by atoms with Crippen molar-refractivity contribution in [1.82, 2.24) is 0 Å². The first-order valence-corrected chi connectivity index (χ1v) is 6.03. The number of Topliss-reactive ketones (excluding diaryl/α,β-unsaturated/α-hetero) is 1. The van der Waals surface area contributed by atoms with Crippen LogP contribution in [-0.4, -0.2) is 18.4 Å². The number of hydrogen-bond donors (Lipinski definition) is 0. The van der Waals surface area contributed by atoms with E-state index in [9.17, 15) is 9.59 Å². The minimum atomic E-state index is -0.705. The molecule has 0 bridgehead atoms. The lowest BCUT2D eigenvalue weighted by molar-refractivity contribution is -0.145. The monoisotopic (exact) mass is 294 g/mol. The smallest absolute Gasteiger partial charge is 0.317 e. The van der Waals surface area contributed by atoms with E-state index in [2.05, 4.69) is 22.5 Å². The average Bonchev–Trinajstić information content (AvgIpc) is 2.66.